The average Bonchev–Trinajstić information content (AvgIpc) is 2.48. The lowest BCUT2D eigenvalue weighted by Gasteiger charge is -2.41. The van der Waals surface area contributed by atoms with Crippen LogP contribution in [0.5, 0.6) is 0 Å². The second-order valence-corrected chi connectivity index (χ2v) is 5.02. The smallest absolute Gasteiger partial charge is 0.345 e. The number of hydrogen-bond acceptors (Lipinski definition) is 7. The maximum atomic E-state index is 12.3. The highest BCUT2D eigenvalue weighted by Gasteiger charge is 2.43. The van der Waals surface area contributed by atoms with E-state index in [0.717, 1.165) is 4.90 Å². The topological polar surface area (TPSA) is 123 Å². The van der Waals surface area contributed by atoms with Crippen molar-refractivity contribution in [1.29, 1.82) is 0 Å². The Kier molecular flexibility index (Phi) is 7.26. The molecule has 0 bridgehead atoms. The molecular formula is C11H20ClN3O6. The molecule has 0 saturated carbocycles. The minimum absolute atomic E-state index is 0.0207. The summed E-state index contributed by atoms with van der Waals surface area (Å²) in [6.45, 7) is 1.65. The van der Waals surface area contributed by atoms with Crippen molar-refractivity contribution in [2.24, 2.45) is 5.29 Å². The summed E-state index contributed by atoms with van der Waals surface area (Å²) < 4.78 is 5.22. The monoisotopic (exact) mass is 325 g/mol. The minimum Gasteiger partial charge on any atom is -0.388 e. The molecule has 3 N–H and O–H groups in total. The highest BCUT2D eigenvalue weighted by molar-refractivity contribution is 6.18. The van der Waals surface area contributed by atoms with Crippen molar-refractivity contribution >= 4 is 17.6 Å². The summed E-state index contributed by atoms with van der Waals surface area (Å²) in [6, 6.07) is -0.778. The van der Waals surface area contributed by atoms with Gasteiger partial charge in [0.05, 0.1) is 18.4 Å². The van der Waals surface area contributed by atoms with Crippen molar-refractivity contribution < 1.29 is 24.9 Å². The van der Waals surface area contributed by atoms with Crippen LogP contribution in [0.1, 0.15) is 13.3 Å². The molecular weight excluding hydrogens is 306 g/mol. The van der Waals surface area contributed by atoms with E-state index in [1.54, 1.807) is 6.92 Å². The summed E-state index contributed by atoms with van der Waals surface area (Å²) in [5.74, 6) is 0.0207. The van der Waals surface area contributed by atoms with Crippen molar-refractivity contribution in [3.05, 3.63) is 4.91 Å². The molecule has 0 radical (unpaired) electrons. The fraction of sp³-hybridized carbons (Fsp3) is 0.909. The molecule has 10 heteroatoms. The largest absolute Gasteiger partial charge is 0.388 e. The van der Waals surface area contributed by atoms with Crippen LogP contribution in [0.25, 0.3) is 0 Å². The quantitative estimate of drug-likeness (QED) is 0.343. The summed E-state index contributed by atoms with van der Waals surface area (Å²) in [5, 5.41) is 32.3. The second kappa shape index (κ2) is 8.44. The number of urea groups is 1. The molecule has 0 aliphatic carbocycles. The van der Waals surface area contributed by atoms with Gasteiger partial charge in [-0.15, -0.1) is 16.5 Å². The number of amides is 2. The standard InChI is InChI=1S/C11H20ClN3O6/c1-2-4-14(11(19)15(13-20)5-3-12)10-9(18)8(17)7(16)6-21-10/h7-10,16-18H,2-6H2,1H3/t7-,8+,9-,10?/m1/s1. The Morgan fingerprint density at radius 2 is 2.00 bits per heavy atom. The van der Waals surface area contributed by atoms with Gasteiger partial charge in [-0.3, -0.25) is 4.90 Å². The van der Waals surface area contributed by atoms with E-state index in [1.165, 1.54) is 0 Å². The van der Waals surface area contributed by atoms with Gasteiger partial charge in [0.15, 0.2) is 6.23 Å². The molecule has 1 saturated heterocycles. The normalized spacial score (nSPS) is 29.0. The number of carbonyl (C=O) groups excluding carboxylic acids is 1. The first kappa shape index (κ1) is 18.1. The van der Waals surface area contributed by atoms with Crippen LogP contribution in [0.3, 0.4) is 0 Å². The van der Waals surface area contributed by atoms with Crippen LogP contribution in [0, 0.1) is 4.91 Å². The third-order valence-corrected chi connectivity index (χ3v) is 3.28. The molecule has 1 heterocycles. The van der Waals surface area contributed by atoms with E-state index in [4.69, 9.17) is 16.3 Å². The van der Waals surface area contributed by atoms with Crippen molar-refractivity contribution in [1.82, 2.24) is 9.91 Å². The van der Waals surface area contributed by atoms with Crippen LogP contribution in [0.15, 0.2) is 5.29 Å². The van der Waals surface area contributed by atoms with Crippen LogP contribution in [0.2, 0.25) is 0 Å². The zero-order chi connectivity index (χ0) is 16.0. The maximum Gasteiger partial charge on any atom is 0.345 e. The zero-order valence-corrected chi connectivity index (χ0v) is 12.4. The number of alkyl halides is 1. The van der Waals surface area contributed by atoms with Gasteiger partial charge in [-0.05, 0) is 6.42 Å². The van der Waals surface area contributed by atoms with E-state index in [9.17, 15) is 25.0 Å². The lowest BCUT2D eigenvalue weighted by atomic mass is 10.0. The second-order valence-electron chi connectivity index (χ2n) is 4.64. The van der Waals surface area contributed by atoms with Crippen molar-refractivity contribution in [2.75, 3.05) is 25.6 Å². The molecule has 1 rings (SSSR count). The van der Waals surface area contributed by atoms with Crippen molar-refractivity contribution in [2.45, 2.75) is 37.9 Å². The molecule has 1 aliphatic rings. The molecule has 0 aromatic heterocycles. The molecule has 0 aromatic rings. The van der Waals surface area contributed by atoms with Gasteiger partial charge in [0.1, 0.15) is 18.3 Å². The van der Waals surface area contributed by atoms with Gasteiger partial charge in [0.2, 0.25) is 0 Å². The van der Waals surface area contributed by atoms with E-state index in [2.05, 4.69) is 5.29 Å². The number of aliphatic hydroxyl groups is 3. The third-order valence-electron chi connectivity index (χ3n) is 3.11. The molecule has 21 heavy (non-hydrogen) atoms. The number of nitrogens with zero attached hydrogens (tertiary/aromatic N) is 3. The van der Waals surface area contributed by atoms with Crippen molar-refractivity contribution in [3.8, 4) is 0 Å². The van der Waals surface area contributed by atoms with Gasteiger partial charge in [-0.2, -0.15) is 5.01 Å². The predicted octanol–water partition coefficient (Wildman–Crippen LogP) is -0.520. The molecule has 9 nitrogen and oxygen atoms in total. The van der Waals surface area contributed by atoms with E-state index in [-0.39, 0.29) is 25.6 Å². The molecule has 1 fully saturated rings. The number of aliphatic hydroxyl groups excluding tert-OH is 3. The molecule has 122 valence electrons. The molecule has 0 aromatic carbocycles. The number of halogens is 1. The van der Waals surface area contributed by atoms with Gasteiger partial charge in [0, 0.05) is 12.4 Å². The number of carbonyl (C=O) groups is 1. The molecule has 1 aliphatic heterocycles. The summed E-state index contributed by atoms with van der Waals surface area (Å²) in [7, 11) is 0. The highest BCUT2D eigenvalue weighted by atomic mass is 35.5. The number of nitroso groups, excluding NO2 is 1. The van der Waals surface area contributed by atoms with Crippen LogP contribution >= 0.6 is 11.6 Å². The van der Waals surface area contributed by atoms with E-state index in [0.29, 0.717) is 11.4 Å². The Hall–Kier alpha value is -1.00. The van der Waals surface area contributed by atoms with Gasteiger partial charge < -0.3 is 20.1 Å². The van der Waals surface area contributed by atoms with Crippen LogP contribution in [0.4, 0.5) is 4.79 Å². The number of rotatable bonds is 6. The molecule has 1 unspecified atom stereocenters. The van der Waals surface area contributed by atoms with Gasteiger partial charge in [0.25, 0.3) is 0 Å². The van der Waals surface area contributed by atoms with Crippen LogP contribution in [-0.2, 0) is 4.74 Å². The lowest BCUT2D eigenvalue weighted by molar-refractivity contribution is -0.220. The van der Waals surface area contributed by atoms with Gasteiger partial charge in [-0.1, -0.05) is 6.92 Å². The summed E-state index contributed by atoms with van der Waals surface area (Å²) in [6.07, 6.45) is -4.81. The zero-order valence-electron chi connectivity index (χ0n) is 11.6. The Labute approximate surface area is 127 Å². The third kappa shape index (κ3) is 4.24. The van der Waals surface area contributed by atoms with Crippen LogP contribution < -0.4 is 0 Å². The van der Waals surface area contributed by atoms with Crippen molar-refractivity contribution in [3.63, 3.8) is 0 Å². The Balaban J connectivity index is 2.89. The van der Waals surface area contributed by atoms with E-state index < -0.39 is 30.6 Å². The van der Waals surface area contributed by atoms with E-state index >= 15 is 0 Å². The SMILES string of the molecule is CCCN(C(=O)N(CCCl)N=O)C1OC[C@@H](O)[C@H](O)[C@H]1O. The molecule has 4 atom stereocenters. The number of ether oxygens (including phenoxy) is 1. The highest BCUT2D eigenvalue weighted by Crippen LogP contribution is 2.20. The minimum atomic E-state index is -1.49. The molecule has 0 spiro atoms. The van der Waals surface area contributed by atoms with Gasteiger partial charge >= 0.3 is 6.03 Å². The number of hydrogen-bond donors (Lipinski definition) is 3. The Bertz CT molecular complexity index is 361. The summed E-state index contributed by atoms with van der Waals surface area (Å²) in [5.41, 5.74) is 0. The predicted molar refractivity (Wildman–Crippen MR) is 73.4 cm³/mol. The van der Waals surface area contributed by atoms with Gasteiger partial charge in [-0.25, -0.2) is 4.79 Å². The summed E-state index contributed by atoms with van der Waals surface area (Å²) >= 11 is 5.49. The van der Waals surface area contributed by atoms with E-state index in [1.807, 2.05) is 0 Å². The van der Waals surface area contributed by atoms with Crippen LogP contribution in [-0.4, -0.2) is 81.4 Å². The fourth-order valence-electron chi connectivity index (χ4n) is 2.04. The Morgan fingerprint density at radius 1 is 1.33 bits per heavy atom. The molecule has 2 amide bonds. The lowest BCUT2D eigenvalue weighted by Crippen LogP contribution is -2.61. The maximum absolute atomic E-state index is 12.3. The fourth-order valence-corrected chi connectivity index (χ4v) is 2.20. The Morgan fingerprint density at radius 3 is 2.52 bits per heavy atom. The first-order chi connectivity index (χ1) is 9.97. The summed E-state index contributed by atoms with van der Waals surface area (Å²) in [4.78, 5) is 24.0. The first-order valence-electron chi connectivity index (χ1n) is 6.61. The first-order valence-corrected chi connectivity index (χ1v) is 7.14. The average molecular weight is 326 g/mol.